The standard InChI is InChI=1S/C15H16F3N3O/c1-15(2)6-10(7-22-15)9-3-4-11(16)12(5-9)21-14(13(17)18)19-8-20-21/h3-5,8,10,13H,6-7H2,1-2H3/t10-/m1/s1. The molecule has 22 heavy (non-hydrogen) atoms. The molecule has 0 aliphatic carbocycles. The number of alkyl halides is 2. The van der Waals surface area contributed by atoms with Crippen molar-refractivity contribution in [2.45, 2.75) is 38.2 Å². The quantitative estimate of drug-likeness (QED) is 0.869. The van der Waals surface area contributed by atoms with Gasteiger partial charge in [-0.3, -0.25) is 0 Å². The Labute approximate surface area is 125 Å². The Kier molecular flexibility index (Phi) is 3.68. The fourth-order valence-corrected chi connectivity index (χ4v) is 2.78. The third kappa shape index (κ3) is 2.72. The van der Waals surface area contributed by atoms with E-state index in [2.05, 4.69) is 10.1 Å². The molecule has 2 heterocycles. The molecular formula is C15H16F3N3O. The number of hydrogen-bond donors (Lipinski definition) is 0. The maximum absolute atomic E-state index is 14.1. The van der Waals surface area contributed by atoms with Crippen molar-refractivity contribution in [2.24, 2.45) is 0 Å². The third-order valence-corrected chi connectivity index (χ3v) is 3.85. The van der Waals surface area contributed by atoms with Crippen molar-refractivity contribution in [2.75, 3.05) is 6.61 Å². The fraction of sp³-hybridized carbons (Fsp3) is 0.467. The van der Waals surface area contributed by atoms with Crippen LogP contribution in [0.25, 0.3) is 5.69 Å². The topological polar surface area (TPSA) is 39.9 Å². The Bertz CT molecular complexity index is 684. The van der Waals surface area contributed by atoms with Crippen molar-refractivity contribution in [3.05, 3.63) is 41.7 Å². The summed E-state index contributed by atoms with van der Waals surface area (Å²) in [5.41, 5.74) is 0.591. The van der Waals surface area contributed by atoms with Crippen molar-refractivity contribution < 1.29 is 17.9 Å². The highest BCUT2D eigenvalue weighted by Crippen LogP contribution is 2.37. The normalized spacial score (nSPS) is 20.7. The molecule has 1 aromatic heterocycles. The molecule has 118 valence electrons. The first kappa shape index (κ1) is 15.0. The summed E-state index contributed by atoms with van der Waals surface area (Å²) in [5.74, 6) is -1.08. The van der Waals surface area contributed by atoms with Gasteiger partial charge in [-0.15, -0.1) is 0 Å². The van der Waals surface area contributed by atoms with Crippen LogP contribution in [-0.4, -0.2) is 27.0 Å². The first-order valence-corrected chi connectivity index (χ1v) is 6.99. The van der Waals surface area contributed by atoms with E-state index in [1.807, 2.05) is 13.8 Å². The lowest BCUT2D eigenvalue weighted by atomic mass is 9.91. The number of ether oxygens (including phenoxy) is 1. The molecule has 0 radical (unpaired) electrons. The molecule has 0 amide bonds. The summed E-state index contributed by atoms with van der Waals surface area (Å²) < 4.78 is 46.4. The van der Waals surface area contributed by atoms with Crippen molar-refractivity contribution in [1.82, 2.24) is 14.8 Å². The summed E-state index contributed by atoms with van der Waals surface area (Å²) >= 11 is 0. The first-order valence-electron chi connectivity index (χ1n) is 6.99. The lowest BCUT2D eigenvalue weighted by Gasteiger charge is -2.16. The lowest BCUT2D eigenvalue weighted by molar-refractivity contribution is 0.0361. The highest BCUT2D eigenvalue weighted by Gasteiger charge is 2.33. The SMILES string of the molecule is CC1(C)C[C@@H](c2ccc(F)c(-n3ncnc3C(F)F)c2)CO1. The molecule has 2 aromatic rings. The summed E-state index contributed by atoms with van der Waals surface area (Å²) in [6.07, 6.45) is -1.04. The van der Waals surface area contributed by atoms with E-state index < -0.39 is 18.1 Å². The predicted octanol–water partition coefficient (Wildman–Crippen LogP) is 3.63. The highest BCUT2D eigenvalue weighted by atomic mass is 19.3. The first-order chi connectivity index (χ1) is 10.4. The van der Waals surface area contributed by atoms with Gasteiger partial charge in [-0.05, 0) is 38.0 Å². The van der Waals surface area contributed by atoms with Crippen molar-refractivity contribution >= 4 is 0 Å². The summed E-state index contributed by atoms with van der Waals surface area (Å²) in [5, 5.41) is 3.72. The van der Waals surface area contributed by atoms with Gasteiger partial charge in [-0.2, -0.15) is 5.10 Å². The van der Waals surface area contributed by atoms with E-state index in [4.69, 9.17) is 4.74 Å². The molecule has 1 fully saturated rings. The fourth-order valence-electron chi connectivity index (χ4n) is 2.78. The number of rotatable bonds is 3. The van der Waals surface area contributed by atoms with Gasteiger partial charge in [0.2, 0.25) is 0 Å². The zero-order valence-electron chi connectivity index (χ0n) is 12.3. The van der Waals surface area contributed by atoms with E-state index in [0.717, 1.165) is 23.0 Å². The number of aromatic nitrogens is 3. The van der Waals surface area contributed by atoms with Crippen LogP contribution in [0.5, 0.6) is 0 Å². The van der Waals surface area contributed by atoms with Crippen LogP contribution in [0.15, 0.2) is 24.5 Å². The average molecular weight is 311 g/mol. The predicted molar refractivity (Wildman–Crippen MR) is 73.7 cm³/mol. The van der Waals surface area contributed by atoms with Crippen LogP contribution in [0.1, 0.15) is 44.0 Å². The number of halogens is 3. The zero-order valence-corrected chi connectivity index (χ0v) is 12.3. The second kappa shape index (κ2) is 5.39. The summed E-state index contributed by atoms with van der Waals surface area (Å²) in [4.78, 5) is 3.49. The molecule has 1 aliphatic heterocycles. The van der Waals surface area contributed by atoms with Gasteiger partial charge < -0.3 is 4.74 Å². The summed E-state index contributed by atoms with van der Waals surface area (Å²) in [6.45, 7) is 4.50. The van der Waals surface area contributed by atoms with Gasteiger partial charge >= 0.3 is 0 Å². The maximum atomic E-state index is 14.1. The molecule has 1 atom stereocenters. The minimum Gasteiger partial charge on any atom is -0.375 e. The molecule has 0 N–H and O–H groups in total. The van der Waals surface area contributed by atoms with Crippen LogP contribution in [-0.2, 0) is 4.74 Å². The Morgan fingerprint density at radius 1 is 1.36 bits per heavy atom. The average Bonchev–Trinajstić information content (AvgIpc) is 3.05. The molecule has 0 saturated carbocycles. The Morgan fingerprint density at radius 2 is 2.14 bits per heavy atom. The molecule has 1 aromatic carbocycles. The summed E-state index contributed by atoms with van der Waals surface area (Å²) in [7, 11) is 0. The maximum Gasteiger partial charge on any atom is 0.297 e. The van der Waals surface area contributed by atoms with E-state index in [1.165, 1.54) is 6.07 Å². The lowest BCUT2D eigenvalue weighted by Crippen LogP contribution is -2.16. The highest BCUT2D eigenvalue weighted by molar-refractivity contribution is 5.39. The van der Waals surface area contributed by atoms with Crippen LogP contribution in [0.2, 0.25) is 0 Å². The smallest absolute Gasteiger partial charge is 0.297 e. The van der Waals surface area contributed by atoms with E-state index in [9.17, 15) is 13.2 Å². The molecule has 0 bridgehead atoms. The molecule has 1 aliphatic rings. The molecule has 0 spiro atoms. The summed E-state index contributed by atoms with van der Waals surface area (Å²) in [6, 6.07) is 4.48. The van der Waals surface area contributed by atoms with E-state index in [0.29, 0.717) is 6.61 Å². The molecule has 0 unspecified atom stereocenters. The van der Waals surface area contributed by atoms with Crippen molar-refractivity contribution in [1.29, 1.82) is 0 Å². The van der Waals surface area contributed by atoms with Gasteiger partial charge in [0.15, 0.2) is 5.82 Å². The van der Waals surface area contributed by atoms with Gasteiger partial charge in [0.25, 0.3) is 6.43 Å². The molecule has 3 rings (SSSR count). The Morgan fingerprint density at radius 3 is 2.77 bits per heavy atom. The third-order valence-electron chi connectivity index (χ3n) is 3.85. The zero-order chi connectivity index (χ0) is 15.9. The van der Waals surface area contributed by atoms with Crippen LogP contribution in [0, 0.1) is 5.82 Å². The van der Waals surface area contributed by atoms with E-state index >= 15 is 0 Å². The minimum absolute atomic E-state index is 0.0185. The molecule has 7 heteroatoms. The molecule has 4 nitrogen and oxygen atoms in total. The van der Waals surface area contributed by atoms with E-state index in [-0.39, 0.29) is 17.2 Å². The van der Waals surface area contributed by atoms with Crippen molar-refractivity contribution in [3.8, 4) is 5.69 Å². The van der Waals surface area contributed by atoms with Crippen LogP contribution in [0.4, 0.5) is 13.2 Å². The van der Waals surface area contributed by atoms with E-state index in [1.54, 1.807) is 12.1 Å². The largest absolute Gasteiger partial charge is 0.375 e. The Hall–Kier alpha value is -1.89. The monoisotopic (exact) mass is 311 g/mol. The van der Waals surface area contributed by atoms with Crippen LogP contribution in [0.3, 0.4) is 0 Å². The minimum atomic E-state index is -2.82. The van der Waals surface area contributed by atoms with Crippen LogP contribution >= 0.6 is 0 Å². The van der Waals surface area contributed by atoms with Gasteiger partial charge in [0.1, 0.15) is 17.8 Å². The van der Waals surface area contributed by atoms with Crippen LogP contribution < -0.4 is 0 Å². The van der Waals surface area contributed by atoms with Crippen molar-refractivity contribution in [3.63, 3.8) is 0 Å². The van der Waals surface area contributed by atoms with Gasteiger partial charge in [0, 0.05) is 5.92 Å². The molecule has 1 saturated heterocycles. The Balaban J connectivity index is 1.99. The van der Waals surface area contributed by atoms with Gasteiger partial charge in [-0.1, -0.05) is 6.07 Å². The molecular weight excluding hydrogens is 295 g/mol. The van der Waals surface area contributed by atoms with Gasteiger partial charge in [-0.25, -0.2) is 22.8 Å². The number of hydrogen-bond acceptors (Lipinski definition) is 3. The number of benzene rings is 1. The second-order valence-corrected chi connectivity index (χ2v) is 6.01. The number of nitrogens with zero attached hydrogens (tertiary/aromatic N) is 3. The second-order valence-electron chi connectivity index (χ2n) is 6.01. The van der Waals surface area contributed by atoms with Gasteiger partial charge in [0.05, 0.1) is 12.2 Å².